The number of benzene rings is 1. The van der Waals surface area contributed by atoms with Crippen molar-refractivity contribution in [3.05, 3.63) is 34.9 Å². The summed E-state index contributed by atoms with van der Waals surface area (Å²) in [6, 6.07) is 6.90. The average Bonchev–Trinajstić information content (AvgIpc) is 2.59. The van der Waals surface area contributed by atoms with Gasteiger partial charge in [0.15, 0.2) is 0 Å². The first-order chi connectivity index (χ1) is 12.0. The van der Waals surface area contributed by atoms with E-state index in [9.17, 15) is 9.90 Å². The monoisotopic (exact) mass is 344 g/mol. The minimum absolute atomic E-state index is 0.129. The highest BCUT2D eigenvalue weighted by molar-refractivity contribution is 5.79. The van der Waals surface area contributed by atoms with Crippen molar-refractivity contribution < 1.29 is 9.90 Å². The normalized spacial score (nSPS) is 25.7. The number of likely N-dealkylation sites (tertiary alicyclic amines) is 1. The predicted octanol–water partition coefficient (Wildman–Crippen LogP) is 2.73. The number of rotatable bonds is 4. The minimum Gasteiger partial charge on any atom is -0.391 e. The van der Waals surface area contributed by atoms with Crippen LogP contribution in [0.2, 0.25) is 0 Å². The third-order valence-electron chi connectivity index (χ3n) is 5.91. The molecule has 1 aromatic carbocycles. The number of nitrogens with one attached hydrogen (secondary N) is 1. The minimum atomic E-state index is -0.163. The first-order valence-electron chi connectivity index (χ1n) is 9.80. The lowest BCUT2D eigenvalue weighted by molar-refractivity contribution is -0.121. The summed E-state index contributed by atoms with van der Waals surface area (Å²) in [5, 5.41) is 13.5. The van der Waals surface area contributed by atoms with Gasteiger partial charge in [-0.05, 0) is 50.7 Å². The standard InChI is InChI=1S/C21H32N2O2/c1-15-7-8-16(2)17(13-15)14-21(25)22-18-9-11-23(12-10-18)19-5-3-4-6-20(19)24/h7-8,13,18-20,24H,3-6,9-12,14H2,1-2H3,(H,22,25). The van der Waals surface area contributed by atoms with E-state index < -0.39 is 0 Å². The number of hydrogen-bond acceptors (Lipinski definition) is 3. The van der Waals surface area contributed by atoms with Crippen LogP contribution >= 0.6 is 0 Å². The van der Waals surface area contributed by atoms with Gasteiger partial charge in [-0.1, -0.05) is 36.6 Å². The number of carbonyl (C=O) groups is 1. The molecule has 3 rings (SSSR count). The van der Waals surface area contributed by atoms with Crippen LogP contribution in [0.5, 0.6) is 0 Å². The van der Waals surface area contributed by atoms with E-state index in [1.54, 1.807) is 0 Å². The van der Waals surface area contributed by atoms with E-state index in [0.29, 0.717) is 12.5 Å². The lowest BCUT2D eigenvalue weighted by atomic mass is 9.89. The number of nitrogens with zero attached hydrogens (tertiary/aromatic N) is 1. The number of amides is 1. The van der Waals surface area contributed by atoms with Crippen LogP contribution < -0.4 is 5.32 Å². The first kappa shape index (κ1) is 18.4. The van der Waals surface area contributed by atoms with Crippen molar-refractivity contribution in [2.45, 2.75) is 77.0 Å². The van der Waals surface area contributed by atoms with E-state index in [1.165, 1.54) is 17.5 Å². The fourth-order valence-corrected chi connectivity index (χ4v) is 4.34. The number of aliphatic hydroxyl groups is 1. The van der Waals surface area contributed by atoms with Crippen LogP contribution in [0.15, 0.2) is 18.2 Å². The van der Waals surface area contributed by atoms with E-state index in [2.05, 4.69) is 42.3 Å². The Morgan fingerprint density at radius 3 is 2.60 bits per heavy atom. The maximum atomic E-state index is 12.4. The lowest BCUT2D eigenvalue weighted by Crippen LogP contribution is -2.52. The molecular formula is C21H32N2O2. The second kappa shape index (κ2) is 8.33. The van der Waals surface area contributed by atoms with Crippen molar-refractivity contribution >= 4 is 5.91 Å². The molecule has 4 nitrogen and oxygen atoms in total. The maximum Gasteiger partial charge on any atom is 0.224 e. The first-order valence-corrected chi connectivity index (χ1v) is 9.80. The lowest BCUT2D eigenvalue weighted by Gasteiger charge is -2.41. The fraction of sp³-hybridized carbons (Fsp3) is 0.667. The van der Waals surface area contributed by atoms with E-state index in [1.807, 2.05) is 0 Å². The third-order valence-corrected chi connectivity index (χ3v) is 5.91. The van der Waals surface area contributed by atoms with Gasteiger partial charge in [0.1, 0.15) is 0 Å². The summed E-state index contributed by atoms with van der Waals surface area (Å²) >= 11 is 0. The summed E-state index contributed by atoms with van der Waals surface area (Å²) in [5.74, 6) is 0.129. The van der Waals surface area contributed by atoms with Crippen LogP contribution in [-0.2, 0) is 11.2 Å². The van der Waals surface area contributed by atoms with Gasteiger partial charge in [-0.2, -0.15) is 0 Å². The van der Waals surface area contributed by atoms with Gasteiger partial charge >= 0.3 is 0 Å². The van der Waals surface area contributed by atoms with Crippen LogP contribution in [0.3, 0.4) is 0 Å². The van der Waals surface area contributed by atoms with Crippen molar-refractivity contribution in [2.24, 2.45) is 0 Å². The Hall–Kier alpha value is -1.39. The molecule has 4 heteroatoms. The zero-order valence-corrected chi connectivity index (χ0v) is 15.6. The number of aryl methyl sites for hydroxylation is 2. The molecule has 2 aliphatic rings. The number of aliphatic hydroxyl groups excluding tert-OH is 1. The molecule has 1 amide bonds. The van der Waals surface area contributed by atoms with Crippen molar-refractivity contribution in [3.8, 4) is 0 Å². The summed E-state index contributed by atoms with van der Waals surface area (Å²) in [6.07, 6.45) is 6.72. The van der Waals surface area contributed by atoms with E-state index >= 15 is 0 Å². The summed E-state index contributed by atoms with van der Waals surface area (Å²) in [7, 11) is 0. The number of carbonyl (C=O) groups excluding carboxylic acids is 1. The topological polar surface area (TPSA) is 52.6 Å². The SMILES string of the molecule is Cc1ccc(C)c(CC(=O)NC2CCN(C3CCCCC3O)CC2)c1. The molecule has 2 unspecified atom stereocenters. The van der Waals surface area contributed by atoms with Gasteiger partial charge in [0.25, 0.3) is 0 Å². The Morgan fingerprint density at radius 2 is 1.88 bits per heavy atom. The largest absolute Gasteiger partial charge is 0.391 e. The molecule has 25 heavy (non-hydrogen) atoms. The highest BCUT2D eigenvalue weighted by Crippen LogP contribution is 2.26. The molecule has 0 bridgehead atoms. The summed E-state index contributed by atoms with van der Waals surface area (Å²) in [5.41, 5.74) is 3.51. The molecule has 1 saturated carbocycles. The molecule has 1 heterocycles. The van der Waals surface area contributed by atoms with Crippen LogP contribution in [0.25, 0.3) is 0 Å². The van der Waals surface area contributed by atoms with Crippen molar-refractivity contribution in [2.75, 3.05) is 13.1 Å². The summed E-state index contributed by atoms with van der Waals surface area (Å²) < 4.78 is 0. The highest BCUT2D eigenvalue weighted by atomic mass is 16.3. The molecule has 2 atom stereocenters. The summed E-state index contributed by atoms with van der Waals surface area (Å²) in [4.78, 5) is 14.9. The molecule has 1 saturated heterocycles. The van der Waals surface area contributed by atoms with Crippen LogP contribution in [0, 0.1) is 13.8 Å². The molecule has 1 aromatic rings. The van der Waals surface area contributed by atoms with E-state index in [4.69, 9.17) is 0 Å². The Morgan fingerprint density at radius 1 is 1.16 bits per heavy atom. The zero-order valence-electron chi connectivity index (χ0n) is 15.6. The molecule has 1 aliphatic heterocycles. The molecule has 138 valence electrons. The van der Waals surface area contributed by atoms with E-state index in [-0.39, 0.29) is 18.1 Å². The fourth-order valence-electron chi connectivity index (χ4n) is 4.34. The van der Waals surface area contributed by atoms with Crippen molar-refractivity contribution in [3.63, 3.8) is 0 Å². The Bertz CT molecular complexity index is 594. The molecule has 2 fully saturated rings. The molecular weight excluding hydrogens is 312 g/mol. The quantitative estimate of drug-likeness (QED) is 0.883. The Kier molecular flexibility index (Phi) is 6.13. The smallest absolute Gasteiger partial charge is 0.224 e. The van der Waals surface area contributed by atoms with Crippen LogP contribution in [-0.4, -0.2) is 47.2 Å². The van der Waals surface area contributed by atoms with Crippen LogP contribution in [0.1, 0.15) is 55.2 Å². The number of hydrogen-bond donors (Lipinski definition) is 2. The summed E-state index contributed by atoms with van der Waals surface area (Å²) in [6.45, 7) is 6.10. The highest BCUT2D eigenvalue weighted by Gasteiger charge is 2.31. The maximum absolute atomic E-state index is 12.4. The van der Waals surface area contributed by atoms with Gasteiger partial charge in [-0.3, -0.25) is 9.69 Å². The van der Waals surface area contributed by atoms with Gasteiger partial charge in [0.2, 0.25) is 5.91 Å². The Labute approximate surface area is 151 Å². The second-order valence-corrected chi connectivity index (χ2v) is 7.90. The predicted molar refractivity (Wildman–Crippen MR) is 101 cm³/mol. The molecule has 0 radical (unpaired) electrons. The van der Waals surface area contributed by atoms with Crippen molar-refractivity contribution in [1.82, 2.24) is 10.2 Å². The molecule has 0 spiro atoms. The second-order valence-electron chi connectivity index (χ2n) is 7.90. The number of piperidine rings is 1. The van der Waals surface area contributed by atoms with Gasteiger partial charge in [-0.15, -0.1) is 0 Å². The molecule has 2 N–H and O–H groups in total. The zero-order chi connectivity index (χ0) is 17.8. The average molecular weight is 344 g/mol. The third kappa shape index (κ3) is 4.83. The van der Waals surface area contributed by atoms with Crippen molar-refractivity contribution in [1.29, 1.82) is 0 Å². The van der Waals surface area contributed by atoms with Gasteiger partial charge < -0.3 is 10.4 Å². The molecule has 1 aliphatic carbocycles. The van der Waals surface area contributed by atoms with Gasteiger partial charge in [0.05, 0.1) is 12.5 Å². The van der Waals surface area contributed by atoms with E-state index in [0.717, 1.165) is 50.8 Å². The van der Waals surface area contributed by atoms with Gasteiger partial charge in [-0.25, -0.2) is 0 Å². The van der Waals surface area contributed by atoms with Crippen LogP contribution in [0.4, 0.5) is 0 Å². The Balaban J connectivity index is 1.47. The molecule has 0 aromatic heterocycles. The van der Waals surface area contributed by atoms with Gasteiger partial charge in [0, 0.05) is 25.2 Å².